The van der Waals surface area contributed by atoms with E-state index in [1.165, 1.54) is 4.90 Å². The number of halogens is 3. The number of alkyl halides is 3. The number of nitrogens with one attached hydrogen (secondary N) is 1. The molecular formula is C18H21F3N4S2. The molecule has 0 radical (unpaired) electrons. The van der Waals surface area contributed by atoms with E-state index < -0.39 is 11.9 Å². The van der Waals surface area contributed by atoms with E-state index in [1.54, 1.807) is 7.05 Å². The Bertz CT molecular complexity index is 761. The van der Waals surface area contributed by atoms with Crippen molar-refractivity contribution >= 4 is 29.1 Å². The lowest BCUT2D eigenvalue weighted by Crippen LogP contribution is -2.39. The molecule has 1 fully saturated rings. The van der Waals surface area contributed by atoms with Crippen molar-refractivity contribution in [1.82, 2.24) is 15.2 Å². The largest absolute Gasteiger partial charge is 0.434 e. The number of guanidine groups is 1. The molecule has 0 saturated carbocycles. The van der Waals surface area contributed by atoms with Gasteiger partial charge in [0.25, 0.3) is 0 Å². The Morgan fingerprint density at radius 1 is 1.37 bits per heavy atom. The molecule has 0 bridgehead atoms. The molecular weight excluding hydrogens is 393 g/mol. The summed E-state index contributed by atoms with van der Waals surface area (Å²) in [6.07, 6.45) is -3.31. The molecule has 1 aliphatic heterocycles. The Kier molecular flexibility index (Phi) is 6.64. The van der Waals surface area contributed by atoms with Gasteiger partial charge in [0, 0.05) is 36.2 Å². The highest BCUT2D eigenvalue weighted by molar-refractivity contribution is 7.99. The first kappa shape index (κ1) is 20.0. The van der Waals surface area contributed by atoms with Gasteiger partial charge in [-0.1, -0.05) is 18.2 Å². The topological polar surface area (TPSA) is 40.5 Å². The number of rotatable bonds is 5. The Balaban J connectivity index is 1.47. The molecule has 1 aromatic heterocycles. The number of nitrogens with zero attached hydrogens (tertiary/aromatic N) is 3. The zero-order valence-electron chi connectivity index (χ0n) is 14.9. The van der Waals surface area contributed by atoms with Crippen LogP contribution in [-0.2, 0) is 12.7 Å². The molecule has 2 heterocycles. The van der Waals surface area contributed by atoms with Crippen LogP contribution in [0.3, 0.4) is 0 Å². The highest BCUT2D eigenvalue weighted by atomic mass is 32.2. The number of hydrogen-bond acceptors (Lipinski definition) is 4. The minimum absolute atomic E-state index is 0.243. The van der Waals surface area contributed by atoms with Crippen molar-refractivity contribution in [2.45, 2.75) is 24.0 Å². The third-order valence-corrected chi connectivity index (χ3v) is 6.36. The van der Waals surface area contributed by atoms with Gasteiger partial charge in [-0.15, -0.1) is 23.1 Å². The van der Waals surface area contributed by atoms with Crippen molar-refractivity contribution in [3.8, 4) is 0 Å². The number of aromatic nitrogens is 1. The summed E-state index contributed by atoms with van der Waals surface area (Å²) in [6, 6.07) is 10.3. The van der Waals surface area contributed by atoms with Crippen LogP contribution in [0.15, 0.2) is 45.6 Å². The van der Waals surface area contributed by atoms with Crippen LogP contribution < -0.4 is 5.32 Å². The summed E-state index contributed by atoms with van der Waals surface area (Å²) >= 11 is 2.86. The van der Waals surface area contributed by atoms with Crippen LogP contribution >= 0.6 is 23.1 Å². The maximum Gasteiger partial charge on any atom is 0.434 e. The van der Waals surface area contributed by atoms with Crippen LogP contribution in [0.1, 0.15) is 17.1 Å². The maximum absolute atomic E-state index is 12.6. The lowest BCUT2D eigenvalue weighted by atomic mass is 10.2. The first-order valence-corrected chi connectivity index (χ1v) is 10.5. The number of thioether (sulfide) groups is 1. The highest BCUT2D eigenvalue weighted by Gasteiger charge is 2.33. The molecule has 1 aliphatic rings. The number of aliphatic imine (C=N–C) groups is 1. The predicted molar refractivity (Wildman–Crippen MR) is 104 cm³/mol. The van der Waals surface area contributed by atoms with Gasteiger partial charge in [0.2, 0.25) is 0 Å². The average molecular weight is 415 g/mol. The van der Waals surface area contributed by atoms with Crippen LogP contribution in [0.2, 0.25) is 0 Å². The fraction of sp³-hybridized carbons (Fsp3) is 0.444. The Hall–Kier alpha value is -1.74. The Morgan fingerprint density at radius 2 is 2.15 bits per heavy atom. The summed E-state index contributed by atoms with van der Waals surface area (Å²) < 4.78 is 37.9. The maximum atomic E-state index is 12.6. The summed E-state index contributed by atoms with van der Waals surface area (Å²) in [5, 5.41) is 4.59. The predicted octanol–water partition coefficient (Wildman–Crippen LogP) is 4.35. The standard InChI is InChI=1S/C18H21F3N4S2/c1-22-17(23-9-16-24-15(12-27-16)18(19,20)21)25-8-7-13(10-25)11-26-14-5-3-2-4-6-14/h2-6,12-13H,7-11H2,1H3,(H,22,23). The van der Waals surface area contributed by atoms with Crippen LogP contribution in [0.4, 0.5) is 13.2 Å². The normalized spacial score (nSPS) is 18.1. The molecule has 0 amide bonds. The smallest absolute Gasteiger partial charge is 0.350 e. The zero-order chi connectivity index (χ0) is 19.3. The van der Waals surface area contributed by atoms with Gasteiger partial charge in [-0.05, 0) is 24.5 Å². The van der Waals surface area contributed by atoms with Gasteiger partial charge in [-0.25, -0.2) is 4.98 Å². The van der Waals surface area contributed by atoms with E-state index >= 15 is 0 Å². The first-order chi connectivity index (χ1) is 13.0. The lowest BCUT2D eigenvalue weighted by Gasteiger charge is -2.21. The molecule has 1 unspecified atom stereocenters. The fourth-order valence-electron chi connectivity index (χ4n) is 2.90. The van der Waals surface area contributed by atoms with E-state index in [0.717, 1.165) is 42.0 Å². The van der Waals surface area contributed by atoms with Crippen molar-refractivity contribution in [2.24, 2.45) is 10.9 Å². The van der Waals surface area contributed by atoms with E-state index in [2.05, 4.69) is 32.3 Å². The zero-order valence-corrected chi connectivity index (χ0v) is 16.5. The van der Waals surface area contributed by atoms with Gasteiger partial charge in [0.15, 0.2) is 11.7 Å². The fourth-order valence-corrected chi connectivity index (χ4v) is 4.69. The van der Waals surface area contributed by atoms with Gasteiger partial charge in [0.1, 0.15) is 5.01 Å². The molecule has 146 valence electrons. The summed E-state index contributed by atoms with van der Waals surface area (Å²) in [6.45, 7) is 2.03. The van der Waals surface area contributed by atoms with E-state index in [1.807, 2.05) is 30.0 Å². The molecule has 1 aromatic carbocycles. The van der Waals surface area contributed by atoms with E-state index in [4.69, 9.17) is 0 Å². The highest BCUT2D eigenvalue weighted by Crippen LogP contribution is 2.30. The van der Waals surface area contributed by atoms with Gasteiger partial charge in [0.05, 0.1) is 6.54 Å². The van der Waals surface area contributed by atoms with E-state index in [9.17, 15) is 13.2 Å². The van der Waals surface area contributed by atoms with Crippen LogP contribution in [0.25, 0.3) is 0 Å². The number of hydrogen-bond donors (Lipinski definition) is 1. The molecule has 4 nitrogen and oxygen atoms in total. The van der Waals surface area contributed by atoms with Crippen molar-refractivity contribution in [3.05, 3.63) is 46.4 Å². The van der Waals surface area contributed by atoms with Crippen molar-refractivity contribution in [3.63, 3.8) is 0 Å². The minimum atomic E-state index is -4.39. The van der Waals surface area contributed by atoms with Crippen molar-refractivity contribution in [1.29, 1.82) is 0 Å². The van der Waals surface area contributed by atoms with E-state index in [0.29, 0.717) is 16.9 Å². The van der Waals surface area contributed by atoms with Crippen LogP contribution in [0, 0.1) is 5.92 Å². The number of likely N-dealkylation sites (tertiary alicyclic amines) is 1. The van der Waals surface area contributed by atoms with Crippen LogP contribution in [0.5, 0.6) is 0 Å². The van der Waals surface area contributed by atoms with Gasteiger partial charge >= 0.3 is 6.18 Å². The summed E-state index contributed by atoms with van der Waals surface area (Å²) in [5.74, 6) is 2.32. The number of thiazole rings is 1. The molecule has 0 spiro atoms. The Labute approximate surface area is 164 Å². The molecule has 0 aliphatic carbocycles. The van der Waals surface area contributed by atoms with Gasteiger partial charge in [-0.2, -0.15) is 13.2 Å². The lowest BCUT2D eigenvalue weighted by molar-refractivity contribution is -0.140. The SMILES string of the molecule is CN=C(NCc1nc(C(F)(F)F)cs1)N1CCC(CSc2ccccc2)C1. The summed E-state index contributed by atoms with van der Waals surface area (Å²) in [7, 11) is 1.69. The number of benzene rings is 1. The summed E-state index contributed by atoms with van der Waals surface area (Å²) in [4.78, 5) is 11.3. The first-order valence-electron chi connectivity index (χ1n) is 8.60. The second kappa shape index (κ2) is 8.97. The third kappa shape index (κ3) is 5.62. The average Bonchev–Trinajstić information content (AvgIpc) is 3.31. The van der Waals surface area contributed by atoms with Crippen molar-refractivity contribution in [2.75, 3.05) is 25.9 Å². The second-order valence-electron chi connectivity index (χ2n) is 6.25. The molecule has 9 heteroatoms. The van der Waals surface area contributed by atoms with Gasteiger partial charge in [-0.3, -0.25) is 4.99 Å². The molecule has 1 N–H and O–H groups in total. The third-order valence-electron chi connectivity index (χ3n) is 4.27. The minimum Gasteiger partial charge on any atom is -0.350 e. The quantitative estimate of drug-likeness (QED) is 0.449. The molecule has 1 saturated heterocycles. The van der Waals surface area contributed by atoms with Crippen molar-refractivity contribution < 1.29 is 13.2 Å². The molecule has 3 rings (SSSR count). The summed E-state index contributed by atoms with van der Waals surface area (Å²) in [5.41, 5.74) is -0.835. The monoisotopic (exact) mass is 414 g/mol. The van der Waals surface area contributed by atoms with Gasteiger partial charge < -0.3 is 10.2 Å². The Morgan fingerprint density at radius 3 is 2.81 bits per heavy atom. The second-order valence-corrected chi connectivity index (χ2v) is 8.29. The molecule has 2 aromatic rings. The van der Waals surface area contributed by atoms with E-state index in [-0.39, 0.29) is 6.54 Å². The van der Waals surface area contributed by atoms with Crippen LogP contribution in [-0.4, -0.2) is 41.7 Å². The molecule has 27 heavy (non-hydrogen) atoms. The molecule has 1 atom stereocenters.